The lowest BCUT2D eigenvalue weighted by atomic mass is 10.0. The maximum absolute atomic E-state index is 12.4. The topological polar surface area (TPSA) is 75.6 Å². The van der Waals surface area contributed by atoms with E-state index in [1.807, 2.05) is 13.0 Å². The molecule has 23 heavy (non-hydrogen) atoms. The third-order valence-corrected chi connectivity index (χ3v) is 3.54. The highest BCUT2D eigenvalue weighted by atomic mass is 35.5. The van der Waals surface area contributed by atoms with Crippen molar-refractivity contribution in [1.82, 2.24) is 5.32 Å². The minimum Gasteiger partial charge on any atom is -0.496 e. The van der Waals surface area contributed by atoms with E-state index in [-0.39, 0.29) is 5.56 Å². The molecular formula is C17H16ClNO4. The number of methoxy groups -OCH3 is 1. The van der Waals surface area contributed by atoms with Crippen LogP contribution in [0.4, 0.5) is 0 Å². The lowest BCUT2D eigenvalue weighted by Crippen LogP contribution is -2.34. The van der Waals surface area contributed by atoms with E-state index in [0.717, 1.165) is 5.56 Å². The van der Waals surface area contributed by atoms with Crippen molar-refractivity contribution in [2.24, 2.45) is 0 Å². The van der Waals surface area contributed by atoms with E-state index >= 15 is 0 Å². The molecule has 2 rings (SSSR count). The molecule has 120 valence electrons. The molecule has 1 atom stereocenters. The Morgan fingerprint density at radius 1 is 1.22 bits per heavy atom. The molecule has 0 heterocycles. The van der Waals surface area contributed by atoms with Gasteiger partial charge in [-0.1, -0.05) is 41.4 Å². The molecule has 0 radical (unpaired) electrons. The maximum Gasteiger partial charge on any atom is 0.330 e. The number of aryl methyl sites for hydroxylation is 1. The monoisotopic (exact) mass is 333 g/mol. The van der Waals surface area contributed by atoms with Crippen molar-refractivity contribution in [2.45, 2.75) is 13.0 Å². The van der Waals surface area contributed by atoms with E-state index in [1.54, 1.807) is 30.3 Å². The van der Waals surface area contributed by atoms with Crippen LogP contribution in [0.3, 0.4) is 0 Å². The number of aliphatic carboxylic acids is 1. The molecular weight excluding hydrogens is 318 g/mol. The summed E-state index contributed by atoms with van der Waals surface area (Å²) in [5, 5.41) is 12.3. The first kappa shape index (κ1) is 16.8. The summed E-state index contributed by atoms with van der Waals surface area (Å²) in [5.74, 6) is -1.40. The predicted molar refractivity (Wildman–Crippen MR) is 87.0 cm³/mol. The van der Waals surface area contributed by atoms with Crippen LogP contribution in [0.15, 0.2) is 42.5 Å². The number of amides is 1. The molecule has 0 aliphatic heterocycles. The summed E-state index contributed by atoms with van der Waals surface area (Å²) in [6.45, 7) is 1.85. The minimum absolute atomic E-state index is 0.180. The van der Waals surface area contributed by atoms with Crippen LogP contribution in [0, 0.1) is 6.92 Å². The normalized spacial score (nSPS) is 11.6. The van der Waals surface area contributed by atoms with E-state index < -0.39 is 17.9 Å². The van der Waals surface area contributed by atoms with Gasteiger partial charge in [-0.2, -0.15) is 0 Å². The van der Waals surface area contributed by atoms with Crippen LogP contribution in [0.25, 0.3) is 0 Å². The number of carboxylic acids is 1. The number of rotatable bonds is 5. The molecule has 0 bridgehead atoms. The van der Waals surface area contributed by atoms with Gasteiger partial charge in [0.15, 0.2) is 6.04 Å². The molecule has 0 aliphatic carbocycles. The molecule has 2 N–H and O–H groups in total. The van der Waals surface area contributed by atoms with Gasteiger partial charge in [0.25, 0.3) is 5.91 Å². The number of halogens is 1. The average Bonchev–Trinajstić information content (AvgIpc) is 2.52. The minimum atomic E-state index is -1.16. The van der Waals surface area contributed by atoms with Crippen molar-refractivity contribution in [3.05, 3.63) is 64.2 Å². The Bertz CT molecular complexity index is 745. The maximum atomic E-state index is 12.4. The van der Waals surface area contributed by atoms with Gasteiger partial charge in [-0.25, -0.2) is 4.79 Å². The van der Waals surface area contributed by atoms with Crippen LogP contribution in [0.2, 0.25) is 5.02 Å². The predicted octanol–water partition coefficient (Wildman–Crippen LogP) is 3.21. The molecule has 0 aliphatic rings. The lowest BCUT2D eigenvalue weighted by Gasteiger charge is -2.16. The fraction of sp³-hybridized carbons (Fsp3) is 0.176. The Hall–Kier alpha value is -2.53. The number of hydrogen-bond acceptors (Lipinski definition) is 3. The zero-order chi connectivity index (χ0) is 17.0. The van der Waals surface area contributed by atoms with Gasteiger partial charge in [-0.15, -0.1) is 0 Å². The smallest absolute Gasteiger partial charge is 0.330 e. The third kappa shape index (κ3) is 4.02. The highest BCUT2D eigenvalue weighted by Gasteiger charge is 2.24. The molecule has 0 saturated carbocycles. The number of carboxylic acid groups (broad SMARTS) is 1. The van der Waals surface area contributed by atoms with Gasteiger partial charge in [0.05, 0.1) is 12.7 Å². The van der Waals surface area contributed by atoms with E-state index in [2.05, 4.69) is 5.32 Å². The molecule has 0 fully saturated rings. The van der Waals surface area contributed by atoms with Crippen LogP contribution >= 0.6 is 11.6 Å². The van der Waals surface area contributed by atoms with Crippen molar-refractivity contribution < 1.29 is 19.4 Å². The van der Waals surface area contributed by atoms with Gasteiger partial charge < -0.3 is 15.2 Å². The average molecular weight is 334 g/mol. The summed E-state index contributed by atoms with van der Waals surface area (Å²) >= 11 is 5.90. The van der Waals surface area contributed by atoms with Gasteiger partial charge in [0.2, 0.25) is 0 Å². The second-order valence-corrected chi connectivity index (χ2v) is 5.44. The van der Waals surface area contributed by atoms with Crippen molar-refractivity contribution in [2.75, 3.05) is 7.11 Å². The Kier molecular flexibility index (Phi) is 5.24. The number of carbonyl (C=O) groups excluding carboxylic acids is 1. The van der Waals surface area contributed by atoms with Crippen LogP contribution in [0.1, 0.15) is 27.5 Å². The first-order valence-corrected chi connectivity index (χ1v) is 7.24. The molecule has 5 nitrogen and oxygen atoms in total. The van der Waals surface area contributed by atoms with Crippen LogP contribution < -0.4 is 10.1 Å². The van der Waals surface area contributed by atoms with E-state index in [0.29, 0.717) is 16.3 Å². The first-order chi connectivity index (χ1) is 10.9. The van der Waals surface area contributed by atoms with Crippen LogP contribution in [-0.2, 0) is 4.79 Å². The van der Waals surface area contributed by atoms with Crippen molar-refractivity contribution in [1.29, 1.82) is 0 Å². The zero-order valence-electron chi connectivity index (χ0n) is 12.7. The third-order valence-electron chi connectivity index (χ3n) is 3.30. The molecule has 0 saturated heterocycles. The Morgan fingerprint density at radius 2 is 1.96 bits per heavy atom. The molecule has 2 aromatic rings. The van der Waals surface area contributed by atoms with Crippen LogP contribution in [-0.4, -0.2) is 24.1 Å². The second-order valence-electron chi connectivity index (χ2n) is 5.00. The number of ether oxygens (including phenoxy) is 1. The fourth-order valence-electron chi connectivity index (χ4n) is 2.20. The first-order valence-electron chi connectivity index (χ1n) is 6.86. The summed E-state index contributed by atoms with van der Waals surface area (Å²) < 4.78 is 5.12. The Labute approximate surface area is 138 Å². The Morgan fingerprint density at radius 3 is 2.57 bits per heavy atom. The number of carbonyl (C=O) groups is 2. The molecule has 6 heteroatoms. The number of nitrogens with one attached hydrogen (secondary N) is 1. The van der Waals surface area contributed by atoms with Gasteiger partial charge in [0, 0.05) is 5.02 Å². The van der Waals surface area contributed by atoms with Gasteiger partial charge in [-0.05, 0) is 30.7 Å². The van der Waals surface area contributed by atoms with Gasteiger partial charge >= 0.3 is 5.97 Å². The van der Waals surface area contributed by atoms with Crippen molar-refractivity contribution in [3.63, 3.8) is 0 Å². The highest BCUT2D eigenvalue weighted by Crippen LogP contribution is 2.24. The van der Waals surface area contributed by atoms with Gasteiger partial charge in [-0.3, -0.25) is 4.79 Å². The fourth-order valence-corrected chi connectivity index (χ4v) is 2.38. The quantitative estimate of drug-likeness (QED) is 0.881. The number of hydrogen-bond donors (Lipinski definition) is 2. The lowest BCUT2D eigenvalue weighted by molar-refractivity contribution is -0.139. The largest absolute Gasteiger partial charge is 0.496 e. The zero-order valence-corrected chi connectivity index (χ0v) is 13.4. The summed E-state index contributed by atoms with van der Waals surface area (Å²) in [6, 6.07) is 10.4. The van der Waals surface area contributed by atoms with E-state index in [4.69, 9.17) is 16.3 Å². The van der Waals surface area contributed by atoms with Gasteiger partial charge in [0.1, 0.15) is 5.75 Å². The van der Waals surface area contributed by atoms with Crippen molar-refractivity contribution >= 4 is 23.5 Å². The number of benzene rings is 2. The van der Waals surface area contributed by atoms with Crippen molar-refractivity contribution in [3.8, 4) is 5.75 Å². The standard InChI is InChI=1S/C17H16ClNO4/c1-10-4-3-5-11(8-10)15(17(21)22)19-16(20)13-9-12(18)6-7-14(13)23-2/h3-9,15H,1-2H3,(H,19,20)(H,21,22). The van der Waals surface area contributed by atoms with E-state index in [9.17, 15) is 14.7 Å². The molecule has 0 aromatic heterocycles. The summed E-state index contributed by atoms with van der Waals surface area (Å²) in [4.78, 5) is 24.0. The Balaban J connectivity index is 2.32. The summed E-state index contributed by atoms with van der Waals surface area (Å²) in [7, 11) is 1.43. The molecule has 0 spiro atoms. The van der Waals surface area contributed by atoms with E-state index in [1.165, 1.54) is 13.2 Å². The summed E-state index contributed by atoms with van der Waals surface area (Å²) in [6.07, 6.45) is 0. The highest BCUT2D eigenvalue weighted by molar-refractivity contribution is 6.31. The van der Waals surface area contributed by atoms with Crippen LogP contribution in [0.5, 0.6) is 5.75 Å². The molecule has 1 unspecified atom stereocenters. The summed E-state index contributed by atoms with van der Waals surface area (Å²) in [5.41, 5.74) is 1.58. The molecule has 1 amide bonds. The molecule has 2 aromatic carbocycles. The second kappa shape index (κ2) is 7.15. The SMILES string of the molecule is COc1ccc(Cl)cc1C(=O)NC(C(=O)O)c1cccc(C)c1.